The second-order valence-electron chi connectivity index (χ2n) is 7.59. The van der Waals surface area contributed by atoms with E-state index in [1.165, 1.54) is 11.8 Å². The van der Waals surface area contributed by atoms with E-state index in [1.807, 2.05) is 37.4 Å². The van der Waals surface area contributed by atoms with E-state index in [2.05, 4.69) is 9.88 Å². The number of nitrogens with zero attached hydrogens (tertiary/aromatic N) is 3. The number of aromatic nitrogens is 2. The number of carboxylic acids is 1. The smallest absolute Gasteiger partial charge is 0.335 e. The van der Waals surface area contributed by atoms with Crippen molar-refractivity contribution in [1.82, 2.24) is 9.97 Å². The molecule has 8 nitrogen and oxygen atoms in total. The van der Waals surface area contributed by atoms with Crippen molar-refractivity contribution in [3.8, 4) is 11.5 Å². The lowest BCUT2D eigenvalue weighted by atomic mass is 10.1. The Morgan fingerprint density at radius 2 is 1.79 bits per heavy atom. The molecule has 0 bridgehead atoms. The molecule has 0 atom stereocenters. The summed E-state index contributed by atoms with van der Waals surface area (Å²) in [6, 6.07) is 14.7. The first kappa shape index (κ1) is 25.3. The summed E-state index contributed by atoms with van der Waals surface area (Å²) in [5, 5.41) is 9.83. The van der Waals surface area contributed by atoms with Gasteiger partial charge >= 0.3 is 5.97 Å². The van der Waals surface area contributed by atoms with Crippen molar-refractivity contribution in [3.05, 3.63) is 70.9 Å². The van der Waals surface area contributed by atoms with E-state index in [4.69, 9.17) is 19.2 Å². The first-order valence-corrected chi connectivity index (χ1v) is 11.7. The van der Waals surface area contributed by atoms with Gasteiger partial charge in [-0.3, -0.25) is 0 Å². The molecule has 3 aromatic rings. The number of rotatable bonds is 12. The van der Waals surface area contributed by atoms with Crippen molar-refractivity contribution in [2.75, 3.05) is 39.8 Å². The highest BCUT2D eigenvalue weighted by Gasteiger charge is 2.12. The number of hydrogen-bond donors (Lipinski definition) is 1. The van der Waals surface area contributed by atoms with Crippen molar-refractivity contribution >= 4 is 23.5 Å². The van der Waals surface area contributed by atoms with Gasteiger partial charge in [0, 0.05) is 32.5 Å². The molecule has 0 aliphatic carbocycles. The molecule has 2 aromatic carbocycles. The molecule has 3 rings (SSSR count). The first-order valence-electron chi connectivity index (χ1n) is 10.7. The Kier molecular flexibility index (Phi) is 9.12. The summed E-state index contributed by atoms with van der Waals surface area (Å²) >= 11 is 1.46. The van der Waals surface area contributed by atoms with Gasteiger partial charge in [0.25, 0.3) is 0 Å². The maximum Gasteiger partial charge on any atom is 0.335 e. The van der Waals surface area contributed by atoms with Crippen molar-refractivity contribution in [3.63, 3.8) is 0 Å². The molecule has 0 fully saturated rings. The summed E-state index contributed by atoms with van der Waals surface area (Å²) in [4.78, 5) is 22.6. The van der Waals surface area contributed by atoms with E-state index in [1.54, 1.807) is 39.5 Å². The molecule has 1 aromatic heterocycles. The number of aromatic carboxylic acids is 1. The number of likely N-dealkylation sites (N-methyl/N-ethyl adjacent to an activating group) is 1. The lowest BCUT2D eigenvalue weighted by Crippen LogP contribution is -2.22. The number of carboxylic acid groups (broad SMARTS) is 1. The molecular formula is C25H29N3O5S. The molecule has 0 saturated carbocycles. The fourth-order valence-corrected chi connectivity index (χ4v) is 4.15. The van der Waals surface area contributed by atoms with Crippen molar-refractivity contribution in [2.45, 2.75) is 23.9 Å². The van der Waals surface area contributed by atoms with Crippen LogP contribution in [-0.4, -0.2) is 56.0 Å². The van der Waals surface area contributed by atoms with Crippen LogP contribution in [0.5, 0.6) is 11.5 Å². The SMILES string of the molecule is COCc1cc(N(C)CCc2ccc(OC)c(OC)c2)nc(SCc2cccc(C(=O)O)c2)n1. The molecule has 0 unspecified atom stereocenters. The normalized spacial score (nSPS) is 10.7. The summed E-state index contributed by atoms with van der Waals surface area (Å²) in [5.74, 6) is 1.83. The molecule has 0 saturated heterocycles. The highest BCUT2D eigenvalue weighted by Crippen LogP contribution is 2.28. The third-order valence-corrected chi connectivity index (χ3v) is 6.07. The number of carbonyl (C=O) groups is 1. The first-order chi connectivity index (χ1) is 16.4. The van der Waals surface area contributed by atoms with E-state index in [0.717, 1.165) is 35.6 Å². The second kappa shape index (κ2) is 12.2. The van der Waals surface area contributed by atoms with Gasteiger partial charge in [0.1, 0.15) is 5.82 Å². The number of ether oxygens (including phenoxy) is 3. The molecule has 0 amide bonds. The molecule has 9 heteroatoms. The summed E-state index contributed by atoms with van der Waals surface area (Å²) in [5.41, 5.74) is 3.08. The third kappa shape index (κ3) is 6.85. The number of thioether (sulfide) groups is 1. The van der Waals surface area contributed by atoms with E-state index in [-0.39, 0.29) is 5.56 Å². The van der Waals surface area contributed by atoms with Crippen LogP contribution >= 0.6 is 11.8 Å². The van der Waals surface area contributed by atoms with Crippen LogP contribution in [0.1, 0.15) is 27.2 Å². The van der Waals surface area contributed by atoms with Crippen LogP contribution in [0, 0.1) is 0 Å². The van der Waals surface area contributed by atoms with E-state index in [0.29, 0.717) is 29.0 Å². The number of anilines is 1. The fourth-order valence-electron chi connectivity index (χ4n) is 3.33. The predicted octanol–water partition coefficient (Wildman–Crippen LogP) is 4.31. The Labute approximate surface area is 203 Å². The van der Waals surface area contributed by atoms with Gasteiger partial charge in [-0.2, -0.15) is 0 Å². The van der Waals surface area contributed by atoms with Crippen LogP contribution < -0.4 is 14.4 Å². The Bertz CT molecular complexity index is 1130. The van der Waals surface area contributed by atoms with Crippen LogP contribution in [0.25, 0.3) is 0 Å². The molecule has 0 aliphatic heterocycles. The lowest BCUT2D eigenvalue weighted by molar-refractivity contribution is 0.0696. The average Bonchev–Trinajstić information content (AvgIpc) is 2.86. The quantitative estimate of drug-likeness (QED) is 0.299. The minimum absolute atomic E-state index is 0.266. The zero-order valence-corrected chi connectivity index (χ0v) is 20.6. The molecule has 0 spiro atoms. The molecule has 0 aliphatic rings. The fraction of sp³-hybridized carbons (Fsp3) is 0.320. The third-order valence-electron chi connectivity index (χ3n) is 5.15. The average molecular weight is 484 g/mol. The largest absolute Gasteiger partial charge is 0.493 e. The van der Waals surface area contributed by atoms with Gasteiger partial charge < -0.3 is 24.2 Å². The van der Waals surface area contributed by atoms with Crippen molar-refractivity contribution in [2.24, 2.45) is 0 Å². The highest BCUT2D eigenvalue weighted by molar-refractivity contribution is 7.98. The number of methoxy groups -OCH3 is 3. The maximum atomic E-state index is 11.2. The minimum Gasteiger partial charge on any atom is -0.493 e. The summed E-state index contributed by atoms with van der Waals surface area (Å²) < 4.78 is 16.0. The maximum absolute atomic E-state index is 11.2. The Hall–Kier alpha value is -3.30. The van der Waals surface area contributed by atoms with Gasteiger partial charge in [0.05, 0.1) is 32.1 Å². The Morgan fingerprint density at radius 1 is 1.00 bits per heavy atom. The summed E-state index contributed by atoms with van der Waals surface area (Å²) in [7, 11) is 6.87. The van der Waals surface area contributed by atoms with Crippen LogP contribution in [0.3, 0.4) is 0 Å². The highest BCUT2D eigenvalue weighted by atomic mass is 32.2. The molecule has 180 valence electrons. The predicted molar refractivity (Wildman–Crippen MR) is 132 cm³/mol. The number of benzene rings is 2. The van der Waals surface area contributed by atoms with Gasteiger partial charge in [-0.05, 0) is 41.8 Å². The Balaban J connectivity index is 1.72. The van der Waals surface area contributed by atoms with E-state index >= 15 is 0 Å². The van der Waals surface area contributed by atoms with E-state index in [9.17, 15) is 9.90 Å². The van der Waals surface area contributed by atoms with Gasteiger partial charge in [0.15, 0.2) is 16.7 Å². The zero-order valence-electron chi connectivity index (χ0n) is 19.8. The van der Waals surface area contributed by atoms with Gasteiger partial charge in [-0.25, -0.2) is 14.8 Å². The molecule has 1 heterocycles. The second-order valence-corrected chi connectivity index (χ2v) is 8.53. The monoisotopic (exact) mass is 483 g/mol. The molecule has 34 heavy (non-hydrogen) atoms. The van der Waals surface area contributed by atoms with Crippen molar-refractivity contribution < 1.29 is 24.1 Å². The molecular weight excluding hydrogens is 454 g/mol. The topological polar surface area (TPSA) is 94.0 Å². The van der Waals surface area contributed by atoms with Crippen LogP contribution in [0.4, 0.5) is 5.82 Å². The number of hydrogen-bond acceptors (Lipinski definition) is 8. The van der Waals surface area contributed by atoms with Crippen LogP contribution in [-0.2, 0) is 23.5 Å². The lowest BCUT2D eigenvalue weighted by Gasteiger charge is -2.20. The van der Waals surface area contributed by atoms with Gasteiger partial charge in [-0.1, -0.05) is 30.0 Å². The summed E-state index contributed by atoms with van der Waals surface area (Å²) in [6.07, 6.45) is 0.797. The minimum atomic E-state index is -0.941. The van der Waals surface area contributed by atoms with Gasteiger partial charge in [-0.15, -0.1) is 0 Å². The molecule has 1 N–H and O–H groups in total. The standard InChI is InChI=1S/C25H29N3O5S/c1-28(11-10-17-8-9-21(32-3)22(13-17)33-4)23-14-20(15-31-2)26-25(27-23)34-16-18-6-5-7-19(12-18)24(29)30/h5-9,12-14H,10-11,15-16H2,1-4H3,(H,29,30). The van der Waals surface area contributed by atoms with Crippen LogP contribution in [0.2, 0.25) is 0 Å². The molecule has 0 radical (unpaired) electrons. The Morgan fingerprint density at radius 3 is 2.50 bits per heavy atom. The van der Waals surface area contributed by atoms with E-state index < -0.39 is 5.97 Å². The summed E-state index contributed by atoms with van der Waals surface area (Å²) in [6.45, 7) is 1.12. The zero-order chi connectivity index (χ0) is 24.5. The van der Waals surface area contributed by atoms with Gasteiger partial charge in [0.2, 0.25) is 0 Å². The van der Waals surface area contributed by atoms with Crippen LogP contribution in [0.15, 0.2) is 53.7 Å². The van der Waals surface area contributed by atoms with Crippen molar-refractivity contribution in [1.29, 1.82) is 0 Å².